The lowest BCUT2D eigenvalue weighted by Gasteiger charge is -2.19. The summed E-state index contributed by atoms with van der Waals surface area (Å²) in [5, 5.41) is 2.40. The number of nitrogens with zero attached hydrogens (tertiary/aromatic N) is 2. The molecular formula is C44H30FN2+. The molecule has 0 bridgehead atoms. The zero-order chi connectivity index (χ0) is 31.3. The van der Waals surface area contributed by atoms with Crippen molar-refractivity contribution in [3.8, 4) is 44.5 Å². The molecule has 0 fully saturated rings. The molecule has 3 aromatic heterocycles. The Bertz CT molecular complexity index is 2490. The van der Waals surface area contributed by atoms with Gasteiger partial charge in [0.25, 0.3) is 5.65 Å². The Morgan fingerprint density at radius 2 is 0.894 bits per heavy atom. The quantitative estimate of drug-likeness (QED) is 0.167. The lowest BCUT2D eigenvalue weighted by molar-refractivity contribution is -0.660. The van der Waals surface area contributed by atoms with E-state index in [-0.39, 0.29) is 5.82 Å². The van der Waals surface area contributed by atoms with Gasteiger partial charge < -0.3 is 0 Å². The third kappa shape index (κ3) is 4.43. The Morgan fingerprint density at radius 3 is 1.40 bits per heavy atom. The van der Waals surface area contributed by atoms with E-state index in [4.69, 9.17) is 0 Å². The van der Waals surface area contributed by atoms with E-state index in [2.05, 4.69) is 155 Å². The van der Waals surface area contributed by atoms with Gasteiger partial charge in [0.2, 0.25) is 0 Å². The van der Waals surface area contributed by atoms with Crippen LogP contribution in [-0.4, -0.2) is 4.40 Å². The van der Waals surface area contributed by atoms with Crippen molar-refractivity contribution in [3.63, 3.8) is 0 Å². The minimum Gasteiger partial charge on any atom is -0.225 e. The van der Waals surface area contributed by atoms with Crippen LogP contribution in [0.5, 0.6) is 0 Å². The monoisotopic (exact) mass is 605 g/mol. The molecule has 0 aliphatic carbocycles. The summed E-state index contributed by atoms with van der Waals surface area (Å²) in [6.45, 7) is 0.592. The zero-order valence-corrected chi connectivity index (χ0v) is 25.6. The molecule has 0 saturated heterocycles. The number of imidazole rings is 1. The highest BCUT2D eigenvalue weighted by Crippen LogP contribution is 2.48. The van der Waals surface area contributed by atoms with E-state index >= 15 is 0 Å². The first-order chi connectivity index (χ1) is 23.3. The molecule has 9 rings (SSSR count). The molecule has 0 N–H and O–H groups in total. The van der Waals surface area contributed by atoms with E-state index in [1.165, 1.54) is 49.7 Å². The largest absolute Gasteiger partial charge is 0.296 e. The average molecular weight is 606 g/mol. The highest BCUT2D eigenvalue weighted by Gasteiger charge is 2.33. The summed E-state index contributed by atoms with van der Waals surface area (Å²) in [4.78, 5) is 0. The van der Waals surface area contributed by atoms with Crippen LogP contribution in [-0.2, 0) is 6.54 Å². The van der Waals surface area contributed by atoms with E-state index < -0.39 is 0 Å². The minimum atomic E-state index is -0.229. The fourth-order valence-corrected chi connectivity index (χ4v) is 7.36. The van der Waals surface area contributed by atoms with E-state index in [0.29, 0.717) is 6.54 Å². The van der Waals surface area contributed by atoms with Crippen molar-refractivity contribution in [2.24, 2.45) is 0 Å². The van der Waals surface area contributed by atoms with Crippen LogP contribution in [0.25, 0.3) is 72.0 Å². The minimum absolute atomic E-state index is 0.229. The summed E-state index contributed by atoms with van der Waals surface area (Å²) in [5.41, 5.74) is 13.9. The van der Waals surface area contributed by atoms with Gasteiger partial charge in [-0.1, -0.05) is 152 Å². The number of aromatic nitrogens is 2. The molecule has 6 aromatic carbocycles. The van der Waals surface area contributed by atoms with Crippen molar-refractivity contribution in [2.45, 2.75) is 6.54 Å². The van der Waals surface area contributed by atoms with Gasteiger partial charge >= 0.3 is 0 Å². The first-order valence-corrected chi connectivity index (χ1v) is 16.0. The molecule has 3 heterocycles. The number of para-hydroxylation sites is 1. The first-order valence-electron chi connectivity index (χ1n) is 16.0. The molecule has 47 heavy (non-hydrogen) atoms. The van der Waals surface area contributed by atoms with Crippen LogP contribution in [0.15, 0.2) is 170 Å². The number of hydrogen-bond donors (Lipinski definition) is 0. The van der Waals surface area contributed by atoms with Crippen LogP contribution in [0.1, 0.15) is 5.56 Å². The predicted molar refractivity (Wildman–Crippen MR) is 191 cm³/mol. The van der Waals surface area contributed by atoms with Gasteiger partial charge in [0, 0.05) is 27.5 Å². The summed E-state index contributed by atoms with van der Waals surface area (Å²) < 4.78 is 18.9. The molecule has 0 radical (unpaired) electrons. The lowest BCUT2D eigenvalue weighted by Crippen LogP contribution is -2.33. The molecule has 0 saturated carbocycles. The number of halogens is 1. The Labute approximate surface area is 272 Å². The Hall–Kier alpha value is -6.06. The maximum atomic E-state index is 14.1. The third-order valence-corrected chi connectivity index (χ3v) is 9.30. The molecule has 222 valence electrons. The second kappa shape index (κ2) is 11.1. The van der Waals surface area contributed by atoms with E-state index in [1.807, 2.05) is 12.1 Å². The highest BCUT2D eigenvalue weighted by molar-refractivity contribution is 6.19. The predicted octanol–water partition coefficient (Wildman–Crippen LogP) is 10.8. The number of pyridine rings is 2. The molecular weight excluding hydrogens is 575 g/mol. The summed E-state index contributed by atoms with van der Waals surface area (Å²) in [7, 11) is 0. The molecule has 3 heteroatoms. The second-order valence-corrected chi connectivity index (χ2v) is 12.1. The van der Waals surface area contributed by atoms with Gasteiger partial charge in [-0.3, -0.25) is 0 Å². The molecule has 2 nitrogen and oxygen atoms in total. The van der Waals surface area contributed by atoms with Gasteiger partial charge in [0.15, 0.2) is 5.52 Å². The smallest absolute Gasteiger partial charge is 0.225 e. The maximum Gasteiger partial charge on any atom is 0.296 e. The molecule has 0 unspecified atom stereocenters. The molecule has 0 aliphatic heterocycles. The van der Waals surface area contributed by atoms with Crippen molar-refractivity contribution in [2.75, 3.05) is 0 Å². The summed E-state index contributed by atoms with van der Waals surface area (Å²) >= 11 is 0. The van der Waals surface area contributed by atoms with Crippen molar-refractivity contribution >= 4 is 27.5 Å². The van der Waals surface area contributed by atoms with Gasteiger partial charge in [-0.05, 0) is 39.9 Å². The Kier molecular flexibility index (Phi) is 6.43. The molecule has 0 spiro atoms. The summed E-state index contributed by atoms with van der Waals surface area (Å²) in [6, 6.07) is 56.6. The highest BCUT2D eigenvalue weighted by atomic mass is 19.1. The second-order valence-electron chi connectivity index (χ2n) is 12.1. The van der Waals surface area contributed by atoms with Crippen LogP contribution in [0, 0.1) is 5.82 Å². The Balaban J connectivity index is 1.55. The van der Waals surface area contributed by atoms with Crippen molar-refractivity contribution in [3.05, 3.63) is 181 Å². The number of rotatable bonds is 6. The van der Waals surface area contributed by atoms with Crippen LogP contribution in [0.3, 0.4) is 0 Å². The topological polar surface area (TPSA) is 8.29 Å². The fraction of sp³-hybridized carbons (Fsp3) is 0.0227. The van der Waals surface area contributed by atoms with Crippen LogP contribution >= 0.6 is 0 Å². The van der Waals surface area contributed by atoms with Crippen LogP contribution < -0.4 is 4.57 Å². The normalized spacial score (nSPS) is 11.6. The lowest BCUT2D eigenvalue weighted by atomic mass is 9.87. The van der Waals surface area contributed by atoms with Gasteiger partial charge in [-0.25, -0.2) is 8.96 Å². The van der Waals surface area contributed by atoms with Gasteiger partial charge in [-0.15, -0.1) is 0 Å². The standard InChI is InChI=1S/C44H30FN2/c45-35-26-24-30(25-27-35)28-46-29-38-41(33-18-9-3-10-19-33)39(31-14-5-1-6-15-31)36-22-13-23-37-40(32-16-7-2-8-17-32)42(34-20-11-4-12-21-34)44(46)47(38)43(36)37/h1-27,29H,28H2/q+1. The summed E-state index contributed by atoms with van der Waals surface area (Å²) in [5.74, 6) is -0.229. The van der Waals surface area contributed by atoms with E-state index in [0.717, 1.165) is 27.9 Å². The maximum absolute atomic E-state index is 14.1. The average Bonchev–Trinajstić information content (AvgIpc) is 3.51. The van der Waals surface area contributed by atoms with Crippen molar-refractivity contribution < 1.29 is 8.96 Å². The number of benzene rings is 6. The van der Waals surface area contributed by atoms with Crippen LogP contribution in [0.4, 0.5) is 4.39 Å². The van der Waals surface area contributed by atoms with Crippen molar-refractivity contribution in [1.82, 2.24) is 4.40 Å². The summed E-state index contributed by atoms with van der Waals surface area (Å²) in [6.07, 6.45) is 2.31. The zero-order valence-electron chi connectivity index (χ0n) is 25.6. The van der Waals surface area contributed by atoms with Gasteiger partial charge in [-0.2, -0.15) is 4.40 Å². The van der Waals surface area contributed by atoms with E-state index in [9.17, 15) is 4.39 Å². The molecule has 9 aromatic rings. The van der Waals surface area contributed by atoms with Gasteiger partial charge in [0.1, 0.15) is 24.1 Å². The molecule has 0 amide bonds. The number of hydrogen-bond acceptors (Lipinski definition) is 0. The molecule has 0 atom stereocenters. The molecule has 0 aliphatic rings. The first kappa shape index (κ1) is 27.3. The van der Waals surface area contributed by atoms with Crippen LogP contribution in [0.2, 0.25) is 0 Å². The Morgan fingerprint density at radius 1 is 0.447 bits per heavy atom. The SMILES string of the molecule is Fc1ccc(C[n+]2cc3c(-c4ccccc4)c(-c4ccccc4)c4cccc5c(-c6ccccc6)c(-c6ccccc6)c2n3c45)cc1. The fourth-order valence-electron chi connectivity index (χ4n) is 7.36. The third-order valence-electron chi connectivity index (χ3n) is 9.30. The van der Waals surface area contributed by atoms with Gasteiger partial charge in [0.05, 0.1) is 5.56 Å². The van der Waals surface area contributed by atoms with E-state index in [1.54, 1.807) is 12.1 Å². The van der Waals surface area contributed by atoms with Crippen molar-refractivity contribution in [1.29, 1.82) is 0 Å².